The molecule has 0 aromatic heterocycles. The predicted molar refractivity (Wildman–Crippen MR) is 51.8 cm³/mol. The maximum Gasteiger partial charge on any atom is 0.330 e. The Morgan fingerprint density at radius 1 is 1.60 bits per heavy atom. The van der Waals surface area contributed by atoms with Crippen LogP contribution < -0.4 is 0 Å². The molecule has 0 aliphatic carbocycles. The van der Waals surface area contributed by atoms with Gasteiger partial charge in [0.05, 0.1) is 0 Å². The molecule has 82 valence electrons. The third kappa shape index (κ3) is 6.27. The first-order valence-electron chi connectivity index (χ1n) is 4.45. The lowest BCUT2D eigenvalue weighted by Crippen LogP contribution is -2.14. The number of carboxylic acids is 1. The number of esters is 1. The minimum atomic E-state index is -1.05. The van der Waals surface area contributed by atoms with Crippen LogP contribution in [-0.2, 0) is 14.3 Å². The standard InChI is InChI=1S/C10H13NO4/c1-7(10(13)14)4-3-5-9(6-11)15-8(2)12/h9H,1,3-5H2,2H3,(H,13,14). The molecule has 0 aromatic carbocycles. The molecule has 0 spiro atoms. The maximum atomic E-state index is 10.5. The number of nitriles is 1. The Bertz CT molecular complexity index is 303. The normalized spacial score (nSPS) is 11.2. The van der Waals surface area contributed by atoms with Crippen LogP contribution in [0.25, 0.3) is 0 Å². The van der Waals surface area contributed by atoms with Gasteiger partial charge in [-0.05, 0) is 19.3 Å². The quantitative estimate of drug-likeness (QED) is 0.527. The highest BCUT2D eigenvalue weighted by Gasteiger charge is 2.11. The van der Waals surface area contributed by atoms with Crippen molar-refractivity contribution in [3.05, 3.63) is 12.2 Å². The van der Waals surface area contributed by atoms with Crippen molar-refractivity contribution in [1.82, 2.24) is 0 Å². The summed E-state index contributed by atoms with van der Waals surface area (Å²) in [6, 6.07) is 1.82. The summed E-state index contributed by atoms with van der Waals surface area (Å²) in [5.41, 5.74) is 0.0921. The lowest BCUT2D eigenvalue weighted by molar-refractivity contribution is -0.144. The van der Waals surface area contributed by atoms with Gasteiger partial charge < -0.3 is 9.84 Å². The first-order chi connectivity index (χ1) is 6.97. The highest BCUT2D eigenvalue weighted by atomic mass is 16.5. The number of hydrogen-bond acceptors (Lipinski definition) is 4. The summed E-state index contributed by atoms with van der Waals surface area (Å²) in [6.07, 6.45) is 0.262. The van der Waals surface area contributed by atoms with Crippen molar-refractivity contribution in [2.24, 2.45) is 0 Å². The monoisotopic (exact) mass is 211 g/mol. The molecular formula is C10H13NO4. The van der Waals surface area contributed by atoms with Crippen LogP contribution >= 0.6 is 0 Å². The number of aliphatic carboxylic acids is 1. The van der Waals surface area contributed by atoms with Gasteiger partial charge in [-0.3, -0.25) is 4.79 Å². The molecule has 0 amide bonds. The Morgan fingerprint density at radius 2 is 2.20 bits per heavy atom. The third-order valence-corrected chi connectivity index (χ3v) is 1.70. The van der Waals surface area contributed by atoms with Gasteiger partial charge in [-0.15, -0.1) is 0 Å². The lowest BCUT2D eigenvalue weighted by atomic mass is 10.1. The van der Waals surface area contributed by atoms with Gasteiger partial charge in [0.2, 0.25) is 0 Å². The molecule has 0 bridgehead atoms. The molecule has 1 unspecified atom stereocenters. The van der Waals surface area contributed by atoms with Crippen molar-refractivity contribution in [1.29, 1.82) is 5.26 Å². The van der Waals surface area contributed by atoms with E-state index >= 15 is 0 Å². The first kappa shape index (κ1) is 13.2. The van der Waals surface area contributed by atoms with Gasteiger partial charge in [0.1, 0.15) is 6.07 Å². The van der Waals surface area contributed by atoms with Crippen LogP contribution in [0.5, 0.6) is 0 Å². The fourth-order valence-electron chi connectivity index (χ4n) is 0.958. The minimum absolute atomic E-state index is 0.0921. The number of nitrogens with zero attached hydrogens (tertiary/aromatic N) is 1. The van der Waals surface area contributed by atoms with Gasteiger partial charge in [-0.1, -0.05) is 6.58 Å². The second kappa shape index (κ2) is 6.60. The summed E-state index contributed by atoms with van der Waals surface area (Å²) in [7, 11) is 0. The number of ether oxygens (including phenoxy) is 1. The fourth-order valence-corrected chi connectivity index (χ4v) is 0.958. The van der Waals surface area contributed by atoms with Gasteiger partial charge >= 0.3 is 11.9 Å². The number of carbonyl (C=O) groups is 2. The van der Waals surface area contributed by atoms with Crippen LogP contribution in [0.2, 0.25) is 0 Å². The smallest absolute Gasteiger partial charge is 0.330 e. The summed E-state index contributed by atoms with van der Waals surface area (Å²) < 4.78 is 4.66. The Balaban J connectivity index is 3.83. The average molecular weight is 211 g/mol. The second-order valence-electron chi connectivity index (χ2n) is 3.03. The Labute approximate surface area is 88.0 Å². The molecule has 5 heteroatoms. The molecule has 1 N–H and O–H groups in total. The van der Waals surface area contributed by atoms with Crippen LogP contribution in [0.3, 0.4) is 0 Å². The third-order valence-electron chi connectivity index (χ3n) is 1.70. The van der Waals surface area contributed by atoms with E-state index in [1.165, 1.54) is 6.92 Å². The Hall–Kier alpha value is -1.83. The van der Waals surface area contributed by atoms with Crippen LogP contribution in [0.1, 0.15) is 26.2 Å². The van der Waals surface area contributed by atoms with E-state index in [0.717, 1.165) is 0 Å². The van der Waals surface area contributed by atoms with E-state index in [4.69, 9.17) is 10.4 Å². The van der Waals surface area contributed by atoms with Crippen molar-refractivity contribution in [2.75, 3.05) is 0 Å². The number of hydrogen-bond donors (Lipinski definition) is 1. The van der Waals surface area contributed by atoms with Crippen molar-refractivity contribution in [3.8, 4) is 6.07 Å². The molecule has 0 saturated heterocycles. The van der Waals surface area contributed by atoms with Crippen molar-refractivity contribution >= 4 is 11.9 Å². The Kier molecular flexibility index (Phi) is 5.79. The van der Waals surface area contributed by atoms with Crippen LogP contribution in [0.4, 0.5) is 0 Å². The molecule has 0 fully saturated rings. The minimum Gasteiger partial charge on any atom is -0.478 e. The zero-order chi connectivity index (χ0) is 11.8. The van der Waals surface area contributed by atoms with E-state index in [2.05, 4.69) is 11.3 Å². The van der Waals surface area contributed by atoms with Crippen molar-refractivity contribution < 1.29 is 19.4 Å². The lowest BCUT2D eigenvalue weighted by Gasteiger charge is -2.08. The summed E-state index contributed by atoms with van der Waals surface area (Å²) >= 11 is 0. The van der Waals surface area contributed by atoms with Crippen molar-refractivity contribution in [2.45, 2.75) is 32.3 Å². The van der Waals surface area contributed by atoms with Crippen LogP contribution in [0, 0.1) is 11.3 Å². The van der Waals surface area contributed by atoms with Gasteiger partial charge in [0.15, 0.2) is 6.10 Å². The molecule has 0 heterocycles. The maximum absolute atomic E-state index is 10.5. The van der Waals surface area contributed by atoms with E-state index < -0.39 is 18.0 Å². The SMILES string of the molecule is C=C(CCCC(C#N)OC(C)=O)C(=O)O. The number of carboxylic acid groups (broad SMARTS) is 1. The summed E-state index contributed by atoms with van der Waals surface area (Å²) in [4.78, 5) is 20.9. The molecule has 0 aromatic rings. The topological polar surface area (TPSA) is 87.4 Å². The predicted octanol–water partition coefficient (Wildman–Crippen LogP) is 1.25. The molecule has 15 heavy (non-hydrogen) atoms. The molecule has 0 saturated carbocycles. The van der Waals surface area contributed by atoms with Gasteiger partial charge in [-0.25, -0.2) is 4.79 Å². The van der Waals surface area contributed by atoms with Gasteiger partial charge in [0.25, 0.3) is 0 Å². The van der Waals surface area contributed by atoms with Crippen LogP contribution in [-0.4, -0.2) is 23.1 Å². The van der Waals surface area contributed by atoms with Gasteiger partial charge in [0, 0.05) is 12.5 Å². The molecule has 5 nitrogen and oxygen atoms in total. The zero-order valence-electron chi connectivity index (χ0n) is 8.52. The van der Waals surface area contributed by atoms with Crippen LogP contribution in [0.15, 0.2) is 12.2 Å². The number of carbonyl (C=O) groups excluding carboxylic acids is 1. The second-order valence-corrected chi connectivity index (χ2v) is 3.03. The molecule has 1 atom stereocenters. The number of rotatable bonds is 6. The molecule has 0 radical (unpaired) electrons. The Morgan fingerprint density at radius 3 is 2.60 bits per heavy atom. The summed E-state index contributed by atoms with van der Waals surface area (Å²) in [5, 5.41) is 17.1. The first-order valence-corrected chi connectivity index (χ1v) is 4.45. The molecule has 0 aliphatic rings. The highest BCUT2D eigenvalue weighted by Crippen LogP contribution is 2.09. The zero-order valence-corrected chi connectivity index (χ0v) is 8.52. The summed E-state index contributed by atoms with van der Waals surface area (Å²) in [5.74, 6) is -1.56. The van der Waals surface area contributed by atoms with Gasteiger partial charge in [-0.2, -0.15) is 5.26 Å². The largest absolute Gasteiger partial charge is 0.478 e. The molecular weight excluding hydrogens is 198 g/mol. The molecule has 0 aliphatic heterocycles. The summed E-state index contributed by atoms with van der Waals surface area (Å²) in [6.45, 7) is 4.57. The van der Waals surface area contributed by atoms with E-state index in [1.54, 1.807) is 0 Å². The van der Waals surface area contributed by atoms with Crippen molar-refractivity contribution in [3.63, 3.8) is 0 Å². The fraction of sp³-hybridized carbons (Fsp3) is 0.500. The van der Waals surface area contributed by atoms with E-state index in [-0.39, 0.29) is 12.0 Å². The van der Waals surface area contributed by atoms with E-state index in [0.29, 0.717) is 12.8 Å². The molecule has 0 rings (SSSR count). The van der Waals surface area contributed by atoms with E-state index in [1.807, 2.05) is 6.07 Å². The van der Waals surface area contributed by atoms with E-state index in [9.17, 15) is 9.59 Å². The highest BCUT2D eigenvalue weighted by molar-refractivity contribution is 5.85. The average Bonchev–Trinajstić information content (AvgIpc) is 2.15.